The number of esters is 1. The van der Waals surface area contributed by atoms with Gasteiger partial charge in [-0.1, -0.05) is 6.07 Å². The Labute approximate surface area is 235 Å². The largest absolute Gasteiger partial charge is 0.481 e. The van der Waals surface area contributed by atoms with Gasteiger partial charge in [0.05, 0.1) is 29.9 Å². The number of nitrogens with zero attached hydrogens (tertiary/aromatic N) is 3. The molecule has 0 bridgehead atoms. The number of carboxylic acid groups (broad SMARTS) is 1. The van der Waals surface area contributed by atoms with E-state index >= 15 is 0 Å². The van der Waals surface area contributed by atoms with Crippen LogP contribution in [0.2, 0.25) is 0 Å². The SMILES string of the molecule is CCOC(=O)C1=C(CN2C3COCC34C(CC(=O)O)CC24)NC(c2nccs2)=N[C@H]1c1ccc(F)c(F)c1Br. The molecular formula is C26H25BrF2N4O5S. The molecule has 1 saturated carbocycles. The lowest BCUT2D eigenvalue weighted by Crippen LogP contribution is -2.80. The zero-order chi connectivity index (χ0) is 27.5. The minimum Gasteiger partial charge on any atom is -0.481 e. The topological polar surface area (TPSA) is 113 Å². The second kappa shape index (κ2) is 10.0. The number of thiazole rings is 1. The molecule has 4 heterocycles. The van der Waals surface area contributed by atoms with Gasteiger partial charge in [-0.05, 0) is 46.8 Å². The van der Waals surface area contributed by atoms with Crippen molar-refractivity contribution in [3.63, 3.8) is 0 Å². The summed E-state index contributed by atoms with van der Waals surface area (Å²) in [5.41, 5.74) is 0.795. The number of halogens is 3. The van der Waals surface area contributed by atoms with Gasteiger partial charge in [-0.3, -0.25) is 14.7 Å². The van der Waals surface area contributed by atoms with Gasteiger partial charge >= 0.3 is 11.9 Å². The molecule has 5 atom stereocenters. The Hall–Kier alpha value is -2.74. The van der Waals surface area contributed by atoms with Crippen LogP contribution in [0, 0.1) is 23.0 Å². The molecule has 3 aliphatic heterocycles. The van der Waals surface area contributed by atoms with Crippen molar-refractivity contribution in [1.82, 2.24) is 15.2 Å². The van der Waals surface area contributed by atoms with Gasteiger partial charge in [-0.25, -0.2) is 18.6 Å². The van der Waals surface area contributed by atoms with E-state index in [0.717, 1.165) is 12.5 Å². The van der Waals surface area contributed by atoms with Crippen LogP contribution < -0.4 is 5.32 Å². The van der Waals surface area contributed by atoms with E-state index in [0.29, 0.717) is 36.3 Å². The highest BCUT2D eigenvalue weighted by Crippen LogP contribution is 2.65. The third-order valence-corrected chi connectivity index (χ3v) is 9.90. The monoisotopic (exact) mass is 622 g/mol. The number of benzene rings is 1. The van der Waals surface area contributed by atoms with E-state index in [4.69, 9.17) is 14.5 Å². The third-order valence-electron chi connectivity index (χ3n) is 8.31. The fourth-order valence-electron chi connectivity index (χ4n) is 6.59. The first-order valence-electron chi connectivity index (χ1n) is 12.6. The van der Waals surface area contributed by atoms with E-state index in [9.17, 15) is 23.5 Å². The molecule has 206 valence electrons. The minimum atomic E-state index is -1.07. The number of likely N-dealkylation sites (tertiary alicyclic amines) is 1. The molecule has 0 radical (unpaired) electrons. The zero-order valence-electron chi connectivity index (χ0n) is 20.8. The fourth-order valence-corrected chi connectivity index (χ4v) is 7.72. The Morgan fingerprint density at radius 3 is 2.90 bits per heavy atom. The predicted octanol–water partition coefficient (Wildman–Crippen LogP) is 3.66. The van der Waals surface area contributed by atoms with Crippen molar-refractivity contribution in [3.05, 3.63) is 61.7 Å². The Bertz CT molecular complexity index is 1400. The number of piperidine rings is 1. The predicted molar refractivity (Wildman–Crippen MR) is 140 cm³/mol. The van der Waals surface area contributed by atoms with Crippen molar-refractivity contribution in [1.29, 1.82) is 0 Å². The van der Waals surface area contributed by atoms with Gasteiger partial charge in [0, 0.05) is 47.7 Å². The first kappa shape index (κ1) is 26.5. The maximum atomic E-state index is 14.6. The summed E-state index contributed by atoms with van der Waals surface area (Å²) >= 11 is 4.52. The standard InChI is InChI=1S/C26H25BrF2N4O5S/c1-2-38-25(36)19-15(9-33-16-7-12(8-18(34)35)26(16)11-37-10-17(26)33)31-23(24-30-5-6-39-24)32-22(19)13-3-4-14(28)21(29)20(13)27/h3-6,12,16-17,22H,2,7-11H2,1H3,(H,31,32)(H,34,35)/t12?,16?,17?,22-,26?/m0/s1. The molecule has 1 spiro atoms. The van der Waals surface area contributed by atoms with Gasteiger partial charge in [0.2, 0.25) is 0 Å². The maximum Gasteiger partial charge on any atom is 0.338 e. The molecule has 2 aromatic rings. The van der Waals surface area contributed by atoms with Crippen LogP contribution in [0.25, 0.3) is 0 Å². The molecule has 39 heavy (non-hydrogen) atoms. The van der Waals surface area contributed by atoms with Crippen LogP contribution in [0.4, 0.5) is 8.78 Å². The number of nitrogens with one attached hydrogen (secondary N) is 1. The number of ether oxygens (including phenoxy) is 2. The minimum absolute atomic E-state index is 0.00831. The van der Waals surface area contributed by atoms with Crippen molar-refractivity contribution in [2.75, 3.05) is 26.4 Å². The second-order valence-corrected chi connectivity index (χ2v) is 11.8. The number of amidine groups is 1. The average Bonchev–Trinajstić information content (AvgIpc) is 3.59. The number of aromatic nitrogens is 1. The molecule has 2 N–H and O–H groups in total. The Morgan fingerprint density at radius 2 is 2.18 bits per heavy atom. The van der Waals surface area contributed by atoms with Crippen LogP contribution >= 0.6 is 27.3 Å². The van der Waals surface area contributed by atoms with E-state index in [-0.39, 0.29) is 52.1 Å². The molecule has 4 aliphatic rings. The zero-order valence-corrected chi connectivity index (χ0v) is 23.2. The average molecular weight is 623 g/mol. The maximum absolute atomic E-state index is 14.6. The van der Waals surface area contributed by atoms with Crippen molar-refractivity contribution in [2.45, 2.75) is 37.9 Å². The second-order valence-electron chi connectivity index (χ2n) is 10.1. The van der Waals surface area contributed by atoms with Crippen LogP contribution in [0.3, 0.4) is 0 Å². The highest BCUT2D eigenvalue weighted by molar-refractivity contribution is 9.10. The molecule has 2 saturated heterocycles. The highest BCUT2D eigenvalue weighted by atomic mass is 79.9. The number of carbonyl (C=O) groups is 2. The van der Waals surface area contributed by atoms with Gasteiger partial charge in [-0.2, -0.15) is 0 Å². The van der Waals surface area contributed by atoms with Crippen molar-refractivity contribution >= 4 is 45.0 Å². The smallest absolute Gasteiger partial charge is 0.338 e. The Kier molecular flexibility index (Phi) is 6.81. The summed E-state index contributed by atoms with van der Waals surface area (Å²) in [4.78, 5) is 36.2. The summed E-state index contributed by atoms with van der Waals surface area (Å²) in [6.07, 6.45) is 2.46. The Morgan fingerprint density at radius 1 is 1.36 bits per heavy atom. The van der Waals surface area contributed by atoms with Crippen LogP contribution in [-0.4, -0.2) is 71.2 Å². The van der Waals surface area contributed by atoms with E-state index in [1.807, 2.05) is 0 Å². The fraction of sp³-hybridized carbons (Fsp3) is 0.462. The number of aliphatic carboxylic acids is 1. The van der Waals surface area contributed by atoms with Gasteiger partial charge in [-0.15, -0.1) is 11.3 Å². The molecule has 1 aromatic carbocycles. The van der Waals surface area contributed by atoms with E-state index in [1.54, 1.807) is 18.5 Å². The molecule has 4 unspecified atom stereocenters. The highest BCUT2D eigenvalue weighted by Gasteiger charge is 2.73. The number of carbonyl (C=O) groups excluding carboxylic acids is 1. The summed E-state index contributed by atoms with van der Waals surface area (Å²) in [7, 11) is 0. The van der Waals surface area contributed by atoms with Gasteiger partial charge in [0.15, 0.2) is 22.5 Å². The number of hydrogen-bond acceptors (Lipinski definition) is 9. The summed E-state index contributed by atoms with van der Waals surface area (Å²) in [6, 6.07) is 1.54. The molecule has 6 rings (SSSR count). The lowest BCUT2D eigenvalue weighted by atomic mass is 9.46. The number of aliphatic imine (C=N–C) groups is 1. The number of carboxylic acids is 1. The van der Waals surface area contributed by atoms with Crippen LogP contribution in [-0.2, 0) is 19.1 Å². The third kappa shape index (κ3) is 4.12. The molecular weight excluding hydrogens is 598 g/mol. The summed E-state index contributed by atoms with van der Waals surface area (Å²) in [6.45, 7) is 3.12. The van der Waals surface area contributed by atoms with Crippen LogP contribution in [0.15, 0.2) is 44.4 Å². The van der Waals surface area contributed by atoms with Gasteiger partial charge in [0.1, 0.15) is 6.04 Å². The van der Waals surface area contributed by atoms with Crippen LogP contribution in [0.1, 0.15) is 36.4 Å². The molecule has 13 heteroatoms. The normalized spacial score (nSPS) is 29.5. The van der Waals surface area contributed by atoms with Gasteiger partial charge < -0.3 is 19.9 Å². The van der Waals surface area contributed by atoms with Gasteiger partial charge in [0.25, 0.3) is 0 Å². The van der Waals surface area contributed by atoms with Crippen molar-refractivity contribution in [3.8, 4) is 0 Å². The molecule has 1 aliphatic carbocycles. The summed E-state index contributed by atoms with van der Waals surface area (Å²) < 4.78 is 39.8. The lowest BCUT2D eigenvalue weighted by molar-refractivity contribution is -0.222. The van der Waals surface area contributed by atoms with E-state index in [2.05, 4.69) is 31.1 Å². The van der Waals surface area contributed by atoms with E-state index < -0.39 is 29.6 Å². The van der Waals surface area contributed by atoms with Crippen molar-refractivity contribution in [2.24, 2.45) is 16.3 Å². The molecule has 3 fully saturated rings. The quantitative estimate of drug-likeness (QED) is 0.339. The summed E-state index contributed by atoms with van der Waals surface area (Å²) in [5, 5.41) is 15.0. The van der Waals surface area contributed by atoms with Crippen molar-refractivity contribution < 1.29 is 33.0 Å². The summed E-state index contributed by atoms with van der Waals surface area (Å²) in [5.74, 6) is -3.08. The van der Waals surface area contributed by atoms with E-state index in [1.165, 1.54) is 17.4 Å². The molecule has 0 amide bonds. The molecule has 1 aromatic heterocycles. The first-order chi connectivity index (χ1) is 18.8. The Balaban J connectivity index is 1.41. The van der Waals surface area contributed by atoms with Crippen LogP contribution in [0.5, 0.6) is 0 Å². The lowest BCUT2D eigenvalue weighted by Gasteiger charge is -2.71. The first-order valence-corrected chi connectivity index (χ1v) is 14.3. The number of rotatable bonds is 8. The molecule has 9 nitrogen and oxygen atoms in total. The number of hydrogen-bond donors (Lipinski definition) is 2.